The van der Waals surface area contributed by atoms with Crippen LogP contribution < -0.4 is 0 Å². The van der Waals surface area contributed by atoms with Crippen LogP contribution in [-0.4, -0.2) is 44.7 Å². The Morgan fingerprint density at radius 3 is 2.22 bits per heavy atom. The normalized spacial score (nSPS) is 13.5. The molecule has 1 aromatic carbocycles. The highest BCUT2D eigenvalue weighted by Gasteiger charge is 2.25. The van der Waals surface area contributed by atoms with E-state index in [0.717, 1.165) is 5.56 Å². The van der Waals surface area contributed by atoms with Gasteiger partial charge in [0.05, 0.1) is 17.5 Å². The van der Waals surface area contributed by atoms with Crippen molar-refractivity contribution in [1.82, 2.24) is 4.90 Å². The fourth-order valence-corrected chi connectivity index (χ4v) is 2.57. The zero-order valence-electron chi connectivity index (χ0n) is 14.5. The molecule has 23 heavy (non-hydrogen) atoms. The Morgan fingerprint density at radius 2 is 1.74 bits per heavy atom. The molecule has 0 aromatic heterocycles. The molecule has 1 rings (SSSR count). The van der Waals surface area contributed by atoms with E-state index in [4.69, 9.17) is 8.92 Å². The van der Waals surface area contributed by atoms with Crippen molar-refractivity contribution in [2.24, 2.45) is 0 Å². The van der Waals surface area contributed by atoms with Crippen LogP contribution in [0.3, 0.4) is 0 Å². The van der Waals surface area contributed by atoms with E-state index in [9.17, 15) is 13.2 Å². The van der Waals surface area contributed by atoms with Crippen LogP contribution in [0.25, 0.3) is 0 Å². The lowest BCUT2D eigenvalue weighted by Crippen LogP contribution is -2.41. The van der Waals surface area contributed by atoms with Gasteiger partial charge in [0.2, 0.25) is 0 Å². The van der Waals surface area contributed by atoms with Crippen molar-refractivity contribution >= 4 is 16.2 Å². The number of likely N-dealkylation sites (N-methyl/N-ethyl adjacent to an activating group) is 1. The van der Waals surface area contributed by atoms with E-state index in [1.54, 1.807) is 46.9 Å². The van der Waals surface area contributed by atoms with Crippen molar-refractivity contribution in [3.63, 3.8) is 0 Å². The molecule has 0 unspecified atom stereocenters. The fraction of sp³-hybridized carbons (Fsp3) is 0.562. The third-order valence-electron chi connectivity index (χ3n) is 3.12. The minimum Gasteiger partial charge on any atom is -0.444 e. The number of rotatable bonds is 5. The molecule has 0 aliphatic rings. The number of hydrogen-bond acceptors (Lipinski definition) is 5. The van der Waals surface area contributed by atoms with Gasteiger partial charge in [-0.2, -0.15) is 8.42 Å². The molecule has 0 saturated carbocycles. The maximum Gasteiger partial charge on any atom is 0.410 e. The maximum absolute atomic E-state index is 12.1. The monoisotopic (exact) mass is 343 g/mol. The molecule has 0 bridgehead atoms. The molecule has 0 saturated heterocycles. The molecular weight excluding hydrogens is 318 g/mol. The molecule has 0 heterocycles. The van der Waals surface area contributed by atoms with Gasteiger partial charge < -0.3 is 9.64 Å². The van der Waals surface area contributed by atoms with Crippen molar-refractivity contribution < 1.29 is 22.1 Å². The van der Waals surface area contributed by atoms with Gasteiger partial charge in [0.15, 0.2) is 0 Å². The van der Waals surface area contributed by atoms with Gasteiger partial charge >= 0.3 is 6.09 Å². The highest BCUT2D eigenvalue weighted by molar-refractivity contribution is 7.86. The second-order valence-corrected chi connectivity index (χ2v) is 8.11. The van der Waals surface area contributed by atoms with Gasteiger partial charge in [-0.15, -0.1) is 0 Å². The largest absolute Gasteiger partial charge is 0.444 e. The summed E-state index contributed by atoms with van der Waals surface area (Å²) in [7, 11) is -2.30. The summed E-state index contributed by atoms with van der Waals surface area (Å²) in [5.41, 5.74) is 0.349. The Hall–Kier alpha value is -1.60. The van der Waals surface area contributed by atoms with Gasteiger partial charge in [0.1, 0.15) is 5.60 Å². The highest BCUT2D eigenvalue weighted by atomic mass is 32.2. The number of hydrogen-bond donors (Lipinski definition) is 0. The molecule has 1 amide bonds. The summed E-state index contributed by atoms with van der Waals surface area (Å²) in [6.45, 7) is 8.71. The van der Waals surface area contributed by atoms with Crippen LogP contribution in [0, 0.1) is 6.92 Å². The summed E-state index contributed by atoms with van der Waals surface area (Å²) in [6, 6.07) is 5.93. The van der Waals surface area contributed by atoms with E-state index >= 15 is 0 Å². The Labute approximate surface area is 138 Å². The molecule has 0 spiro atoms. The molecule has 0 N–H and O–H groups in total. The fourth-order valence-electron chi connectivity index (χ4n) is 1.59. The number of carbonyl (C=O) groups excluding carboxylic acids is 1. The minimum atomic E-state index is -3.85. The lowest BCUT2D eigenvalue weighted by molar-refractivity contribution is 0.0196. The van der Waals surface area contributed by atoms with Crippen LogP contribution in [0.2, 0.25) is 0 Å². The zero-order chi connectivity index (χ0) is 17.8. The third kappa shape index (κ3) is 6.19. The molecule has 1 atom stereocenters. The lowest BCUT2D eigenvalue weighted by Gasteiger charge is -2.28. The molecular formula is C16H25NO5S. The van der Waals surface area contributed by atoms with E-state index < -0.39 is 27.9 Å². The lowest BCUT2D eigenvalue weighted by atomic mass is 10.2. The van der Waals surface area contributed by atoms with Crippen molar-refractivity contribution in [2.75, 3.05) is 13.7 Å². The first kappa shape index (κ1) is 19.4. The first-order valence-corrected chi connectivity index (χ1v) is 8.75. The van der Waals surface area contributed by atoms with Crippen molar-refractivity contribution in [3.05, 3.63) is 29.8 Å². The summed E-state index contributed by atoms with van der Waals surface area (Å²) in [5, 5.41) is 0. The molecule has 0 radical (unpaired) electrons. The van der Waals surface area contributed by atoms with Gasteiger partial charge in [-0.25, -0.2) is 4.79 Å². The zero-order valence-corrected chi connectivity index (χ0v) is 15.3. The Kier molecular flexibility index (Phi) is 6.18. The van der Waals surface area contributed by atoms with E-state index in [0.29, 0.717) is 0 Å². The number of benzene rings is 1. The van der Waals surface area contributed by atoms with Crippen molar-refractivity contribution in [3.8, 4) is 0 Å². The summed E-state index contributed by atoms with van der Waals surface area (Å²) >= 11 is 0. The van der Waals surface area contributed by atoms with Crippen LogP contribution in [-0.2, 0) is 19.0 Å². The second-order valence-electron chi connectivity index (χ2n) is 6.49. The molecule has 130 valence electrons. The Balaban J connectivity index is 2.66. The van der Waals surface area contributed by atoms with E-state index in [1.165, 1.54) is 17.0 Å². The minimum absolute atomic E-state index is 0.0928. The average Bonchev–Trinajstić information content (AvgIpc) is 2.42. The Bertz CT molecular complexity index is 631. The van der Waals surface area contributed by atoms with Gasteiger partial charge in [-0.05, 0) is 46.8 Å². The van der Waals surface area contributed by atoms with Crippen LogP contribution in [0.1, 0.15) is 33.3 Å². The average molecular weight is 343 g/mol. The van der Waals surface area contributed by atoms with Crippen LogP contribution in [0.15, 0.2) is 29.2 Å². The SMILES string of the molecule is Cc1ccc(S(=O)(=O)OC[C@H](C)N(C)C(=O)OC(C)(C)C)cc1. The van der Waals surface area contributed by atoms with E-state index in [2.05, 4.69) is 0 Å². The van der Waals surface area contributed by atoms with Crippen LogP contribution in [0.4, 0.5) is 4.79 Å². The maximum atomic E-state index is 12.1. The van der Waals surface area contributed by atoms with Crippen LogP contribution >= 0.6 is 0 Å². The molecule has 1 aromatic rings. The second kappa shape index (κ2) is 7.31. The van der Waals surface area contributed by atoms with Crippen molar-refractivity contribution in [1.29, 1.82) is 0 Å². The standard InChI is InChI=1S/C16H25NO5S/c1-12-7-9-14(10-8-12)23(19,20)21-11-13(2)17(6)15(18)22-16(3,4)5/h7-10,13H,11H2,1-6H3/t13-/m0/s1. The predicted molar refractivity (Wildman–Crippen MR) is 87.8 cm³/mol. The van der Waals surface area contributed by atoms with Gasteiger partial charge in [-0.1, -0.05) is 17.7 Å². The van der Waals surface area contributed by atoms with Gasteiger partial charge in [-0.3, -0.25) is 4.18 Å². The van der Waals surface area contributed by atoms with Gasteiger partial charge in [0.25, 0.3) is 10.1 Å². The predicted octanol–water partition coefficient (Wildman–Crippen LogP) is 2.96. The summed E-state index contributed by atoms with van der Waals surface area (Å²) < 4.78 is 34.5. The first-order chi connectivity index (χ1) is 10.4. The molecule has 6 nitrogen and oxygen atoms in total. The number of nitrogens with zero attached hydrogens (tertiary/aromatic N) is 1. The quantitative estimate of drug-likeness (QED) is 0.769. The Morgan fingerprint density at radius 1 is 1.22 bits per heavy atom. The molecule has 7 heteroatoms. The molecule has 0 aliphatic heterocycles. The highest BCUT2D eigenvalue weighted by Crippen LogP contribution is 2.15. The number of carbonyl (C=O) groups is 1. The van der Waals surface area contributed by atoms with Gasteiger partial charge in [0, 0.05) is 7.05 Å². The number of amides is 1. The van der Waals surface area contributed by atoms with Crippen LogP contribution in [0.5, 0.6) is 0 Å². The number of aryl methyl sites for hydroxylation is 1. The summed E-state index contributed by atoms with van der Waals surface area (Å²) in [4.78, 5) is 13.3. The van der Waals surface area contributed by atoms with Crippen molar-refractivity contribution in [2.45, 2.75) is 51.2 Å². The third-order valence-corrected chi connectivity index (χ3v) is 4.41. The first-order valence-electron chi connectivity index (χ1n) is 7.34. The smallest absolute Gasteiger partial charge is 0.410 e. The summed E-state index contributed by atoms with van der Waals surface area (Å²) in [5.74, 6) is 0. The topological polar surface area (TPSA) is 72.9 Å². The van der Waals surface area contributed by atoms with E-state index in [-0.39, 0.29) is 11.5 Å². The molecule has 0 aliphatic carbocycles. The van der Waals surface area contributed by atoms with E-state index in [1.807, 2.05) is 6.92 Å². The molecule has 0 fully saturated rings. The summed E-state index contributed by atoms with van der Waals surface area (Å²) in [6.07, 6.45) is -0.527. The number of ether oxygens (including phenoxy) is 1.